The van der Waals surface area contributed by atoms with Gasteiger partial charge in [0.05, 0.1) is 17.8 Å². The molecule has 122 valence electrons. The van der Waals surface area contributed by atoms with Crippen molar-refractivity contribution in [3.8, 4) is 5.69 Å². The zero-order valence-corrected chi connectivity index (χ0v) is 12.2. The number of benzene rings is 1. The van der Waals surface area contributed by atoms with Crippen molar-refractivity contribution in [1.82, 2.24) is 19.9 Å². The molecule has 0 bridgehead atoms. The quantitative estimate of drug-likeness (QED) is 0.853. The molecular formula is C15H15F3N4O. The maximum atomic E-state index is 12.8. The van der Waals surface area contributed by atoms with Crippen LogP contribution in [0, 0.1) is 5.92 Å². The highest BCUT2D eigenvalue weighted by atomic mass is 19.4. The van der Waals surface area contributed by atoms with Gasteiger partial charge in [-0.2, -0.15) is 23.1 Å². The second-order valence-electron chi connectivity index (χ2n) is 5.49. The van der Waals surface area contributed by atoms with E-state index in [1.807, 2.05) is 6.07 Å². The van der Waals surface area contributed by atoms with E-state index in [0.29, 0.717) is 18.7 Å². The van der Waals surface area contributed by atoms with Crippen LogP contribution in [0.5, 0.6) is 0 Å². The van der Waals surface area contributed by atoms with Crippen molar-refractivity contribution in [2.24, 2.45) is 5.92 Å². The number of likely N-dealkylation sites (tertiary alicyclic amines) is 1. The molecule has 1 aliphatic heterocycles. The predicted molar refractivity (Wildman–Crippen MR) is 76.0 cm³/mol. The van der Waals surface area contributed by atoms with Gasteiger partial charge in [-0.3, -0.25) is 4.79 Å². The van der Waals surface area contributed by atoms with Crippen LogP contribution in [0.2, 0.25) is 0 Å². The summed E-state index contributed by atoms with van der Waals surface area (Å²) in [6.07, 6.45) is -2.60. The van der Waals surface area contributed by atoms with E-state index in [1.54, 1.807) is 24.3 Å². The minimum atomic E-state index is -4.28. The SMILES string of the molecule is O=C(c1cnn(-c2ccccc2)n1)N1CCC[C@H](C(F)(F)F)C1. The van der Waals surface area contributed by atoms with Crippen molar-refractivity contribution in [1.29, 1.82) is 0 Å². The van der Waals surface area contributed by atoms with Crippen molar-refractivity contribution >= 4 is 5.91 Å². The van der Waals surface area contributed by atoms with Crippen molar-refractivity contribution in [2.75, 3.05) is 13.1 Å². The maximum Gasteiger partial charge on any atom is 0.393 e. The number of hydrogen-bond acceptors (Lipinski definition) is 3. The molecule has 0 aliphatic carbocycles. The van der Waals surface area contributed by atoms with E-state index in [-0.39, 0.29) is 18.7 Å². The highest BCUT2D eigenvalue weighted by Gasteiger charge is 2.43. The smallest absolute Gasteiger partial charge is 0.337 e. The van der Waals surface area contributed by atoms with Crippen LogP contribution >= 0.6 is 0 Å². The third kappa shape index (κ3) is 3.35. The van der Waals surface area contributed by atoms with Gasteiger partial charge in [0.25, 0.3) is 5.91 Å². The Morgan fingerprint density at radius 2 is 1.96 bits per heavy atom. The number of rotatable bonds is 2. The van der Waals surface area contributed by atoms with Crippen LogP contribution in [-0.4, -0.2) is 45.1 Å². The molecule has 1 amide bonds. The molecular weight excluding hydrogens is 309 g/mol. The van der Waals surface area contributed by atoms with E-state index in [4.69, 9.17) is 0 Å². The Balaban J connectivity index is 1.75. The van der Waals surface area contributed by atoms with Gasteiger partial charge >= 0.3 is 6.18 Å². The predicted octanol–water partition coefficient (Wildman–Crippen LogP) is 2.68. The molecule has 5 nitrogen and oxygen atoms in total. The van der Waals surface area contributed by atoms with Crippen molar-refractivity contribution in [3.05, 3.63) is 42.2 Å². The normalized spacial score (nSPS) is 18.9. The number of carbonyl (C=O) groups is 1. The number of para-hydroxylation sites is 1. The Hall–Kier alpha value is -2.38. The molecule has 2 aromatic rings. The summed E-state index contributed by atoms with van der Waals surface area (Å²) in [5.74, 6) is -1.98. The highest BCUT2D eigenvalue weighted by molar-refractivity contribution is 5.92. The van der Waals surface area contributed by atoms with Crippen LogP contribution in [0.1, 0.15) is 23.3 Å². The Labute approximate surface area is 130 Å². The second-order valence-corrected chi connectivity index (χ2v) is 5.49. The lowest BCUT2D eigenvalue weighted by Gasteiger charge is -2.33. The average molecular weight is 324 g/mol. The van der Waals surface area contributed by atoms with Crippen molar-refractivity contribution < 1.29 is 18.0 Å². The summed E-state index contributed by atoms with van der Waals surface area (Å²) in [5.41, 5.74) is 0.732. The summed E-state index contributed by atoms with van der Waals surface area (Å²) in [6, 6.07) is 8.99. The molecule has 23 heavy (non-hydrogen) atoms. The molecule has 0 saturated carbocycles. The second kappa shape index (κ2) is 6.02. The summed E-state index contributed by atoms with van der Waals surface area (Å²) in [4.78, 5) is 14.9. The third-order valence-corrected chi connectivity index (χ3v) is 3.87. The summed E-state index contributed by atoms with van der Waals surface area (Å²) in [5, 5.41) is 8.08. The van der Waals surface area contributed by atoms with E-state index in [0.717, 1.165) is 0 Å². The fraction of sp³-hybridized carbons (Fsp3) is 0.400. The molecule has 1 atom stereocenters. The molecule has 1 aromatic heterocycles. The molecule has 1 saturated heterocycles. The molecule has 1 aromatic carbocycles. The molecule has 8 heteroatoms. The standard InChI is InChI=1S/C15H15F3N4O/c16-15(17,18)11-5-4-8-21(10-11)14(23)13-9-19-22(20-13)12-6-2-1-3-7-12/h1-3,6-7,9,11H,4-5,8,10H2/t11-/m0/s1. The van der Waals surface area contributed by atoms with Gasteiger partial charge < -0.3 is 4.90 Å². The van der Waals surface area contributed by atoms with Gasteiger partial charge in [0.2, 0.25) is 0 Å². The van der Waals surface area contributed by atoms with Crippen LogP contribution in [0.4, 0.5) is 13.2 Å². The monoisotopic (exact) mass is 324 g/mol. The molecule has 1 aliphatic rings. The number of aromatic nitrogens is 3. The largest absolute Gasteiger partial charge is 0.393 e. The summed E-state index contributed by atoms with van der Waals surface area (Å²) in [7, 11) is 0. The van der Waals surface area contributed by atoms with Gasteiger partial charge in [-0.1, -0.05) is 18.2 Å². The lowest BCUT2D eigenvalue weighted by molar-refractivity contribution is -0.184. The molecule has 0 N–H and O–H groups in total. The van der Waals surface area contributed by atoms with E-state index in [1.165, 1.54) is 15.9 Å². The Morgan fingerprint density at radius 3 is 2.65 bits per heavy atom. The Morgan fingerprint density at radius 1 is 1.22 bits per heavy atom. The average Bonchev–Trinajstić information content (AvgIpc) is 3.04. The van der Waals surface area contributed by atoms with Gasteiger partial charge in [0, 0.05) is 13.1 Å². The topological polar surface area (TPSA) is 51.0 Å². The molecule has 3 rings (SSSR count). The zero-order valence-electron chi connectivity index (χ0n) is 12.2. The van der Waals surface area contributed by atoms with E-state index >= 15 is 0 Å². The van der Waals surface area contributed by atoms with Crippen LogP contribution in [0.25, 0.3) is 5.69 Å². The Bertz CT molecular complexity index is 684. The first-order valence-corrected chi connectivity index (χ1v) is 7.29. The molecule has 0 unspecified atom stereocenters. The minimum Gasteiger partial charge on any atom is -0.337 e. The molecule has 2 heterocycles. The zero-order chi connectivity index (χ0) is 16.4. The van der Waals surface area contributed by atoms with Crippen LogP contribution in [0.15, 0.2) is 36.5 Å². The minimum absolute atomic E-state index is 0.0525. The number of halogens is 3. The number of piperidine rings is 1. The van der Waals surface area contributed by atoms with Gasteiger partial charge in [0.15, 0.2) is 5.69 Å². The number of hydrogen-bond donors (Lipinski definition) is 0. The van der Waals surface area contributed by atoms with Gasteiger partial charge in [-0.05, 0) is 25.0 Å². The van der Waals surface area contributed by atoms with Gasteiger partial charge in [-0.15, -0.1) is 5.10 Å². The first kappa shape index (κ1) is 15.5. The fourth-order valence-corrected chi connectivity index (χ4v) is 2.64. The summed E-state index contributed by atoms with van der Waals surface area (Å²) >= 11 is 0. The summed E-state index contributed by atoms with van der Waals surface area (Å²) in [6.45, 7) is -0.00978. The van der Waals surface area contributed by atoms with E-state index in [2.05, 4.69) is 10.2 Å². The molecule has 0 spiro atoms. The molecule has 1 fully saturated rings. The van der Waals surface area contributed by atoms with Crippen molar-refractivity contribution in [3.63, 3.8) is 0 Å². The number of amides is 1. The van der Waals surface area contributed by atoms with Crippen molar-refractivity contribution in [2.45, 2.75) is 19.0 Å². The summed E-state index contributed by atoms with van der Waals surface area (Å²) < 4.78 is 38.5. The number of alkyl halides is 3. The van der Waals surface area contributed by atoms with Crippen LogP contribution < -0.4 is 0 Å². The number of carbonyl (C=O) groups excluding carboxylic acids is 1. The van der Waals surface area contributed by atoms with Crippen LogP contribution in [0.3, 0.4) is 0 Å². The third-order valence-electron chi connectivity index (χ3n) is 3.87. The molecule has 0 radical (unpaired) electrons. The maximum absolute atomic E-state index is 12.8. The lowest BCUT2D eigenvalue weighted by Crippen LogP contribution is -2.44. The van der Waals surface area contributed by atoms with E-state index < -0.39 is 18.0 Å². The fourth-order valence-electron chi connectivity index (χ4n) is 2.64. The van der Waals surface area contributed by atoms with Gasteiger partial charge in [0.1, 0.15) is 0 Å². The number of nitrogens with zero attached hydrogens (tertiary/aromatic N) is 4. The van der Waals surface area contributed by atoms with E-state index in [9.17, 15) is 18.0 Å². The van der Waals surface area contributed by atoms with Crippen LogP contribution in [-0.2, 0) is 0 Å². The first-order chi connectivity index (χ1) is 10.9. The van der Waals surface area contributed by atoms with Gasteiger partial charge in [-0.25, -0.2) is 0 Å². The first-order valence-electron chi connectivity index (χ1n) is 7.29. The Kier molecular flexibility index (Phi) is 4.06. The highest BCUT2D eigenvalue weighted by Crippen LogP contribution is 2.33. The lowest BCUT2D eigenvalue weighted by atomic mass is 9.97.